The van der Waals surface area contributed by atoms with Crippen LogP contribution in [0.25, 0.3) is 0 Å². The molecular weight excluding hydrogens is 376 g/mol. The number of carbonyl (C=O) groups excluding carboxylic acids is 2. The van der Waals surface area contributed by atoms with Gasteiger partial charge in [0.05, 0.1) is 30.1 Å². The summed E-state index contributed by atoms with van der Waals surface area (Å²) in [4.78, 5) is 24.5. The number of ether oxygens (including phenoxy) is 2. The predicted molar refractivity (Wildman–Crippen MR) is 95.6 cm³/mol. The molecule has 3 rings (SSSR count). The zero-order valence-electron chi connectivity index (χ0n) is 14.9. The van der Waals surface area contributed by atoms with Crippen LogP contribution in [-0.2, 0) is 19.1 Å². The standard InChI is InChI=1S/C19H23ClO7/c1-9(5-6-21)17(23)26-13-7-19(25,8-20)11-3-4-12(22)15(11)16-14(13)10(2)18(24)27-16/h3-5,11-16,21-22,25H,2,6-8H2,1H3/b9-5+/t11-,12-,13-,14-,15-,16+,19+/m1/s1. The molecule has 8 heteroatoms. The van der Waals surface area contributed by atoms with Crippen LogP contribution in [0.2, 0.25) is 0 Å². The molecule has 27 heavy (non-hydrogen) atoms. The third kappa shape index (κ3) is 3.33. The summed E-state index contributed by atoms with van der Waals surface area (Å²) in [6.07, 6.45) is 1.85. The van der Waals surface area contributed by atoms with Crippen molar-refractivity contribution in [1.82, 2.24) is 0 Å². The highest BCUT2D eigenvalue weighted by molar-refractivity contribution is 6.18. The van der Waals surface area contributed by atoms with Crippen LogP contribution in [0.4, 0.5) is 0 Å². The predicted octanol–water partition coefficient (Wildman–Crippen LogP) is 0.471. The van der Waals surface area contributed by atoms with Gasteiger partial charge in [-0.1, -0.05) is 18.7 Å². The van der Waals surface area contributed by atoms with E-state index in [1.807, 2.05) is 0 Å². The molecule has 7 atom stereocenters. The molecule has 0 radical (unpaired) electrons. The molecule has 0 spiro atoms. The molecule has 0 unspecified atom stereocenters. The Morgan fingerprint density at radius 2 is 2.22 bits per heavy atom. The van der Waals surface area contributed by atoms with E-state index in [0.717, 1.165) is 0 Å². The summed E-state index contributed by atoms with van der Waals surface area (Å²) < 4.78 is 11.0. The van der Waals surface area contributed by atoms with E-state index in [0.29, 0.717) is 0 Å². The summed E-state index contributed by atoms with van der Waals surface area (Å²) in [5, 5.41) is 30.6. The van der Waals surface area contributed by atoms with Crippen LogP contribution in [0, 0.1) is 17.8 Å². The summed E-state index contributed by atoms with van der Waals surface area (Å²) in [6, 6.07) is 0. The molecule has 1 saturated heterocycles. The van der Waals surface area contributed by atoms with Crippen LogP contribution in [0.3, 0.4) is 0 Å². The molecule has 0 aromatic rings. The Kier molecular flexibility index (Phi) is 5.49. The van der Waals surface area contributed by atoms with Gasteiger partial charge in [-0.3, -0.25) is 0 Å². The molecule has 0 aromatic carbocycles. The SMILES string of the molecule is C=C1C(=O)O[C@H]2[C@H]1[C@H](OC(=O)/C(C)=C/CO)C[C@](O)(CCl)[C@@H]1C=C[C@@H](O)[C@H]21. The van der Waals surface area contributed by atoms with E-state index in [-0.39, 0.29) is 30.1 Å². The molecule has 0 bridgehead atoms. The third-order valence-corrected chi connectivity index (χ3v) is 6.21. The van der Waals surface area contributed by atoms with Crippen LogP contribution in [0.1, 0.15) is 13.3 Å². The Balaban J connectivity index is 2.00. The maximum Gasteiger partial charge on any atom is 0.334 e. The minimum atomic E-state index is -1.46. The maximum atomic E-state index is 12.4. The Bertz CT molecular complexity index is 715. The van der Waals surface area contributed by atoms with Crippen molar-refractivity contribution in [3.8, 4) is 0 Å². The number of alkyl halides is 1. The number of carbonyl (C=O) groups is 2. The van der Waals surface area contributed by atoms with E-state index in [4.69, 9.17) is 26.2 Å². The van der Waals surface area contributed by atoms with E-state index in [1.54, 1.807) is 12.2 Å². The van der Waals surface area contributed by atoms with E-state index in [9.17, 15) is 19.8 Å². The summed E-state index contributed by atoms with van der Waals surface area (Å²) in [5.74, 6) is -3.32. The molecule has 148 valence electrons. The fourth-order valence-corrected chi connectivity index (χ4v) is 4.61. The summed E-state index contributed by atoms with van der Waals surface area (Å²) in [5.41, 5.74) is -1.13. The smallest absolute Gasteiger partial charge is 0.334 e. The van der Waals surface area contributed by atoms with Crippen LogP contribution < -0.4 is 0 Å². The lowest BCUT2D eigenvalue weighted by molar-refractivity contribution is -0.150. The monoisotopic (exact) mass is 398 g/mol. The second-order valence-electron chi connectivity index (χ2n) is 7.35. The third-order valence-electron chi connectivity index (χ3n) is 5.75. The molecule has 0 amide bonds. The van der Waals surface area contributed by atoms with Gasteiger partial charge in [-0.15, -0.1) is 11.6 Å². The van der Waals surface area contributed by atoms with Crippen LogP contribution in [0.15, 0.2) is 36.0 Å². The van der Waals surface area contributed by atoms with E-state index in [1.165, 1.54) is 13.0 Å². The molecule has 1 heterocycles. The second-order valence-corrected chi connectivity index (χ2v) is 7.62. The number of halogens is 1. The van der Waals surface area contributed by atoms with Crippen molar-refractivity contribution in [3.63, 3.8) is 0 Å². The van der Waals surface area contributed by atoms with Gasteiger partial charge < -0.3 is 24.8 Å². The minimum Gasteiger partial charge on any atom is -0.458 e. The Morgan fingerprint density at radius 3 is 2.85 bits per heavy atom. The molecule has 2 fully saturated rings. The first-order valence-electron chi connectivity index (χ1n) is 8.76. The summed E-state index contributed by atoms with van der Waals surface area (Å²) in [6.45, 7) is 4.95. The second kappa shape index (κ2) is 7.39. The van der Waals surface area contributed by atoms with E-state index >= 15 is 0 Å². The first-order chi connectivity index (χ1) is 12.7. The highest BCUT2D eigenvalue weighted by Crippen LogP contribution is 2.51. The van der Waals surface area contributed by atoms with Crippen LogP contribution in [-0.4, -0.2) is 63.7 Å². The number of aliphatic hydroxyl groups excluding tert-OH is 2. The van der Waals surface area contributed by atoms with Gasteiger partial charge in [0.25, 0.3) is 0 Å². The van der Waals surface area contributed by atoms with Gasteiger partial charge in [0.1, 0.15) is 12.2 Å². The highest BCUT2D eigenvalue weighted by atomic mass is 35.5. The van der Waals surface area contributed by atoms with Crippen molar-refractivity contribution in [2.75, 3.05) is 12.5 Å². The van der Waals surface area contributed by atoms with Crippen molar-refractivity contribution < 1.29 is 34.4 Å². The van der Waals surface area contributed by atoms with Gasteiger partial charge >= 0.3 is 11.9 Å². The average molecular weight is 399 g/mol. The topological polar surface area (TPSA) is 113 Å². The van der Waals surface area contributed by atoms with Gasteiger partial charge in [-0.25, -0.2) is 9.59 Å². The zero-order chi connectivity index (χ0) is 19.9. The largest absolute Gasteiger partial charge is 0.458 e. The van der Waals surface area contributed by atoms with E-state index < -0.39 is 53.6 Å². The van der Waals surface area contributed by atoms with Crippen LogP contribution >= 0.6 is 11.6 Å². The molecular formula is C19H23ClO7. The minimum absolute atomic E-state index is 0.0380. The van der Waals surface area contributed by atoms with Crippen molar-refractivity contribution in [2.24, 2.45) is 17.8 Å². The maximum absolute atomic E-state index is 12.4. The van der Waals surface area contributed by atoms with Crippen molar-refractivity contribution in [3.05, 3.63) is 36.0 Å². The number of aliphatic hydroxyl groups is 3. The molecule has 3 aliphatic rings. The summed E-state index contributed by atoms with van der Waals surface area (Å²) in [7, 11) is 0. The van der Waals surface area contributed by atoms with Gasteiger partial charge in [0, 0.05) is 29.4 Å². The summed E-state index contributed by atoms with van der Waals surface area (Å²) >= 11 is 6.06. The lowest BCUT2D eigenvalue weighted by Gasteiger charge is -2.35. The van der Waals surface area contributed by atoms with Gasteiger partial charge in [-0.2, -0.15) is 0 Å². The number of fused-ring (bicyclic) bond motifs is 3. The fourth-order valence-electron chi connectivity index (χ4n) is 4.32. The van der Waals surface area contributed by atoms with Crippen molar-refractivity contribution >= 4 is 23.5 Å². The van der Waals surface area contributed by atoms with Gasteiger partial charge in [-0.05, 0) is 13.0 Å². The Hall–Kier alpha value is -1.67. The quantitative estimate of drug-likeness (QED) is 0.273. The Morgan fingerprint density at radius 1 is 1.52 bits per heavy atom. The van der Waals surface area contributed by atoms with Crippen molar-refractivity contribution in [2.45, 2.75) is 37.3 Å². The number of rotatable bonds is 4. The van der Waals surface area contributed by atoms with Crippen LogP contribution in [0.5, 0.6) is 0 Å². The lowest BCUT2D eigenvalue weighted by Crippen LogP contribution is -2.46. The first-order valence-corrected chi connectivity index (χ1v) is 9.30. The Labute approximate surface area is 161 Å². The van der Waals surface area contributed by atoms with E-state index in [2.05, 4.69) is 6.58 Å². The zero-order valence-corrected chi connectivity index (χ0v) is 15.6. The fraction of sp³-hybridized carbons (Fsp3) is 0.579. The molecule has 2 aliphatic carbocycles. The molecule has 3 N–H and O–H groups in total. The average Bonchev–Trinajstić information content (AvgIpc) is 3.11. The lowest BCUT2D eigenvalue weighted by atomic mass is 9.78. The first kappa shape index (κ1) is 20.1. The normalized spacial score (nSPS) is 41.0. The molecule has 7 nitrogen and oxygen atoms in total. The number of esters is 2. The van der Waals surface area contributed by atoms with Gasteiger partial charge in [0.2, 0.25) is 0 Å². The number of hydrogen-bond acceptors (Lipinski definition) is 7. The molecule has 0 aromatic heterocycles. The molecule has 1 aliphatic heterocycles. The highest BCUT2D eigenvalue weighted by Gasteiger charge is 2.60. The van der Waals surface area contributed by atoms with Crippen molar-refractivity contribution in [1.29, 1.82) is 0 Å². The molecule has 1 saturated carbocycles. The van der Waals surface area contributed by atoms with Gasteiger partial charge in [0.15, 0.2) is 0 Å². The number of hydrogen-bond donors (Lipinski definition) is 3.